The molecule has 0 N–H and O–H groups in total. The van der Waals surface area contributed by atoms with E-state index in [0.29, 0.717) is 26.7 Å². The van der Waals surface area contributed by atoms with Crippen molar-refractivity contribution in [1.29, 1.82) is 0 Å². The van der Waals surface area contributed by atoms with Gasteiger partial charge in [-0.15, -0.1) is 11.3 Å². The molecule has 0 saturated carbocycles. The fourth-order valence-corrected chi connectivity index (χ4v) is 8.71. The summed E-state index contributed by atoms with van der Waals surface area (Å²) < 4.78 is 104. The van der Waals surface area contributed by atoms with E-state index < -0.39 is 49.0 Å². The number of sulfone groups is 1. The Balaban J connectivity index is 2.17. The molecule has 5 nitrogen and oxygen atoms in total. The van der Waals surface area contributed by atoms with E-state index in [1.165, 1.54) is 0 Å². The first-order chi connectivity index (χ1) is 14.2. The van der Waals surface area contributed by atoms with Crippen molar-refractivity contribution in [3.8, 4) is 0 Å². The van der Waals surface area contributed by atoms with Gasteiger partial charge in [-0.2, -0.15) is 13.2 Å². The number of thiophene rings is 1. The Morgan fingerprint density at radius 3 is 2.29 bits per heavy atom. The summed E-state index contributed by atoms with van der Waals surface area (Å²) >= 11 is 4.34. The van der Waals surface area contributed by atoms with Crippen LogP contribution in [-0.4, -0.2) is 28.2 Å². The van der Waals surface area contributed by atoms with Gasteiger partial charge in [0.15, 0.2) is 14.9 Å². The summed E-state index contributed by atoms with van der Waals surface area (Å²) in [7, 11) is -8.50. The van der Waals surface area contributed by atoms with Gasteiger partial charge >= 0.3 is 6.18 Å². The Hall–Kier alpha value is -1.70. The molecule has 0 saturated heterocycles. The molecule has 3 rings (SSSR count). The summed E-state index contributed by atoms with van der Waals surface area (Å²) in [5, 5.41) is -0.492. The van der Waals surface area contributed by atoms with Gasteiger partial charge in [0.2, 0.25) is 0 Å². The molecule has 3 aromatic rings. The van der Waals surface area contributed by atoms with E-state index in [-0.39, 0.29) is 10.6 Å². The van der Waals surface area contributed by atoms with Crippen molar-refractivity contribution >= 4 is 62.2 Å². The lowest BCUT2D eigenvalue weighted by molar-refractivity contribution is -0.140. The molecule has 0 unspecified atom stereocenters. The highest BCUT2D eigenvalue weighted by Gasteiger charge is 2.35. The van der Waals surface area contributed by atoms with E-state index >= 15 is 0 Å². The van der Waals surface area contributed by atoms with Gasteiger partial charge in [-0.05, 0) is 39.7 Å². The molecule has 168 valence electrons. The molecule has 0 aliphatic rings. The van der Waals surface area contributed by atoms with Crippen LogP contribution >= 0.6 is 27.3 Å². The highest BCUT2D eigenvalue weighted by molar-refractivity contribution is 9.10. The van der Waals surface area contributed by atoms with Crippen molar-refractivity contribution in [2.75, 3.05) is 15.6 Å². The van der Waals surface area contributed by atoms with Crippen LogP contribution in [0, 0.1) is 5.82 Å². The largest absolute Gasteiger partial charge is 0.419 e. The zero-order valence-electron chi connectivity index (χ0n) is 15.7. The summed E-state index contributed by atoms with van der Waals surface area (Å²) in [6.45, 7) is -0.618. The molecule has 1 heterocycles. The minimum Gasteiger partial charge on any atom is -0.255 e. The Morgan fingerprint density at radius 1 is 1.06 bits per heavy atom. The minimum absolute atomic E-state index is 0.0998. The summed E-state index contributed by atoms with van der Waals surface area (Å²) in [6, 6.07) is 9.00. The van der Waals surface area contributed by atoms with E-state index in [2.05, 4.69) is 15.9 Å². The number of anilines is 1. The number of sulfonamides is 1. The second-order valence-corrected chi connectivity index (χ2v) is 12.9. The monoisotopic (exact) mass is 559 g/mol. The van der Waals surface area contributed by atoms with E-state index in [1.54, 1.807) is 24.3 Å². The number of fused-ring (bicyclic) bond motifs is 1. The van der Waals surface area contributed by atoms with Crippen LogP contribution in [0.15, 0.2) is 46.9 Å². The van der Waals surface area contributed by atoms with Gasteiger partial charge in [-0.25, -0.2) is 21.2 Å². The fourth-order valence-electron chi connectivity index (χ4n) is 2.85. The van der Waals surface area contributed by atoms with Crippen molar-refractivity contribution in [3.63, 3.8) is 0 Å². The third-order valence-corrected chi connectivity index (χ3v) is 10.4. The second-order valence-electron chi connectivity index (χ2n) is 6.69. The van der Waals surface area contributed by atoms with Crippen LogP contribution in [0.4, 0.5) is 22.6 Å². The summed E-state index contributed by atoms with van der Waals surface area (Å²) in [6.07, 6.45) is -4.24. The number of nitrogens with zero attached hydrogens (tertiary/aromatic N) is 1. The lowest BCUT2D eigenvalue weighted by atomic mass is 10.1. The lowest BCUT2D eigenvalue weighted by Crippen LogP contribution is -2.34. The van der Waals surface area contributed by atoms with Gasteiger partial charge in [0.1, 0.15) is 10.8 Å². The predicted molar refractivity (Wildman–Crippen MR) is 116 cm³/mol. The molecule has 0 bridgehead atoms. The maximum absolute atomic E-state index is 13.6. The Morgan fingerprint density at radius 2 is 1.71 bits per heavy atom. The Labute approximate surface area is 188 Å². The SMILES string of the molecule is CS(=O)(=O)CS(=O)(=O)N(Cc1ccc(F)c(C(F)(F)F)c1)c1sc2ccccc2c1Br. The molecule has 0 aliphatic carbocycles. The molecule has 0 aliphatic heterocycles. The van der Waals surface area contributed by atoms with Crippen LogP contribution in [0.2, 0.25) is 0 Å². The third kappa shape index (κ3) is 5.38. The van der Waals surface area contributed by atoms with Gasteiger partial charge in [-0.1, -0.05) is 24.3 Å². The topological polar surface area (TPSA) is 71.5 Å². The quantitative estimate of drug-likeness (QED) is 0.391. The molecular weight excluding hydrogens is 546 g/mol. The van der Waals surface area contributed by atoms with E-state index in [4.69, 9.17) is 0 Å². The van der Waals surface area contributed by atoms with Crippen LogP contribution in [0.1, 0.15) is 11.1 Å². The van der Waals surface area contributed by atoms with Gasteiger partial charge in [-0.3, -0.25) is 4.31 Å². The number of hydrogen-bond donors (Lipinski definition) is 0. The standard InChI is InChI=1S/C18H14BrF4NO4S3/c1-30(25,26)10-31(27,28)24(17-16(19)12-4-2-3-5-15(12)29-17)9-11-6-7-14(20)13(8-11)18(21,22)23/h2-8H,9-10H2,1H3. The fraction of sp³-hybridized carbons (Fsp3) is 0.222. The van der Waals surface area contributed by atoms with Crippen LogP contribution < -0.4 is 4.31 Å². The van der Waals surface area contributed by atoms with Crippen molar-refractivity contribution in [1.82, 2.24) is 0 Å². The van der Waals surface area contributed by atoms with Crippen LogP contribution in [-0.2, 0) is 32.6 Å². The molecule has 0 amide bonds. The van der Waals surface area contributed by atoms with Gasteiger partial charge in [0.05, 0.1) is 16.6 Å². The van der Waals surface area contributed by atoms with Crippen LogP contribution in [0.25, 0.3) is 10.1 Å². The van der Waals surface area contributed by atoms with Gasteiger partial charge in [0.25, 0.3) is 10.0 Å². The van der Waals surface area contributed by atoms with E-state index in [0.717, 1.165) is 28.0 Å². The zero-order chi connectivity index (χ0) is 23.2. The molecule has 1 aromatic heterocycles. The van der Waals surface area contributed by atoms with Gasteiger partial charge < -0.3 is 0 Å². The summed E-state index contributed by atoms with van der Waals surface area (Å²) in [5.74, 6) is -1.50. The molecular formula is C18H14BrF4NO4S3. The highest BCUT2D eigenvalue weighted by Crippen LogP contribution is 2.44. The maximum atomic E-state index is 13.6. The Kier molecular flexibility index (Phi) is 6.44. The van der Waals surface area contributed by atoms with Crippen LogP contribution in [0.5, 0.6) is 0 Å². The predicted octanol–water partition coefficient (Wildman–Crippen LogP) is 5.16. The number of rotatable bonds is 6. The van der Waals surface area contributed by atoms with Crippen molar-refractivity contribution in [2.45, 2.75) is 12.7 Å². The van der Waals surface area contributed by atoms with Crippen molar-refractivity contribution < 1.29 is 34.4 Å². The van der Waals surface area contributed by atoms with E-state index in [1.807, 2.05) is 0 Å². The number of benzene rings is 2. The highest BCUT2D eigenvalue weighted by atomic mass is 79.9. The smallest absolute Gasteiger partial charge is 0.255 e. The zero-order valence-corrected chi connectivity index (χ0v) is 19.7. The molecule has 0 spiro atoms. The lowest BCUT2D eigenvalue weighted by Gasteiger charge is -2.23. The normalized spacial score (nSPS) is 13.0. The first-order valence-corrected chi connectivity index (χ1v) is 13.7. The number of alkyl halides is 3. The van der Waals surface area contributed by atoms with Crippen molar-refractivity contribution in [2.24, 2.45) is 0 Å². The first kappa shape index (κ1) is 24.0. The molecule has 13 heteroatoms. The average Bonchev–Trinajstić information content (AvgIpc) is 2.94. The summed E-state index contributed by atoms with van der Waals surface area (Å²) in [4.78, 5) is 0. The average molecular weight is 560 g/mol. The van der Waals surface area contributed by atoms with Crippen molar-refractivity contribution in [3.05, 3.63) is 63.9 Å². The first-order valence-electron chi connectivity index (χ1n) is 8.40. The van der Waals surface area contributed by atoms with E-state index in [9.17, 15) is 34.4 Å². The molecule has 2 aromatic carbocycles. The molecule has 31 heavy (non-hydrogen) atoms. The third-order valence-electron chi connectivity index (χ3n) is 4.11. The maximum Gasteiger partial charge on any atom is 0.419 e. The Bertz CT molecular complexity index is 1350. The molecule has 0 atom stereocenters. The number of halogens is 5. The second kappa shape index (κ2) is 8.34. The molecule has 0 fully saturated rings. The van der Waals surface area contributed by atoms with Gasteiger partial charge in [0, 0.05) is 16.3 Å². The molecule has 0 radical (unpaired) electrons. The minimum atomic E-state index is -4.98. The number of hydrogen-bond acceptors (Lipinski definition) is 5. The summed E-state index contributed by atoms with van der Waals surface area (Å²) in [5.41, 5.74) is -1.70. The van der Waals surface area contributed by atoms with Crippen LogP contribution in [0.3, 0.4) is 0 Å².